The summed E-state index contributed by atoms with van der Waals surface area (Å²) in [6, 6.07) is 4.40. The number of benzene rings is 1. The third kappa shape index (κ3) is 6.62. The number of nitrogens with one attached hydrogen (secondary N) is 1. The number of methoxy groups -OCH3 is 1. The SMILES string of the molecule is CCCN(c1cc(Br)cc(C(=O)OC)c1C)C1CCC(NC(=O)OC(C)(C)C)CC1. The van der Waals surface area contributed by atoms with Crippen molar-refractivity contribution in [3.63, 3.8) is 0 Å². The maximum absolute atomic E-state index is 12.2. The van der Waals surface area contributed by atoms with Gasteiger partial charge < -0.3 is 19.7 Å². The standard InChI is InChI=1S/C23H35BrN2O4/c1-7-12-26(20-14-16(24)13-19(15(20)2)21(27)29-6)18-10-8-17(9-11-18)25-22(28)30-23(3,4)5/h13-14,17-18H,7-12H2,1-6H3,(H,25,28). The van der Waals surface area contributed by atoms with E-state index in [1.54, 1.807) is 0 Å². The highest BCUT2D eigenvalue weighted by Crippen LogP contribution is 2.34. The first-order chi connectivity index (χ1) is 14.1. The van der Waals surface area contributed by atoms with Crippen LogP contribution >= 0.6 is 15.9 Å². The van der Waals surface area contributed by atoms with Gasteiger partial charge in [-0.2, -0.15) is 0 Å². The summed E-state index contributed by atoms with van der Waals surface area (Å²) in [5.74, 6) is -0.322. The van der Waals surface area contributed by atoms with Crippen LogP contribution in [0.2, 0.25) is 0 Å². The number of alkyl carbamates (subject to hydrolysis) is 1. The van der Waals surface area contributed by atoms with E-state index in [4.69, 9.17) is 9.47 Å². The van der Waals surface area contributed by atoms with E-state index in [0.717, 1.165) is 54.4 Å². The molecule has 0 spiro atoms. The van der Waals surface area contributed by atoms with E-state index < -0.39 is 5.60 Å². The summed E-state index contributed by atoms with van der Waals surface area (Å²) in [4.78, 5) is 26.7. The number of halogens is 1. The Kier molecular flexibility index (Phi) is 8.59. The van der Waals surface area contributed by atoms with Crippen LogP contribution < -0.4 is 10.2 Å². The molecular weight excluding hydrogens is 448 g/mol. The smallest absolute Gasteiger partial charge is 0.407 e. The third-order valence-corrected chi connectivity index (χ3v) is 5.84. The third-order valence-electron chi connectivity index (χ3n) is 5.38. The van der Waals surface area contributed by atoms with E-state index in [2.05, 4.69) is 39.1 Å². The summed E-state index contributed by atoms with van der Waals surface area (Å²) < 4.78 is 11.2. The first-order valence-corrected chi connectivity index (χ1v) is 11.5. The lowest BCUT2D eigenvalue weighted by Crippen LogP contribution is -2.45. The predicted molar refractivity (Wildman–Crippen MR) is 123 cm³/mol. The van der Waals surface area contributed by atoms with Gasteiger partial charge in [-0.25, -0.2) is 9.59 Å². The van der Waals surface area contributed by atoms with E-state index in [1.807, 2.05) is 33.8 Å². The molecule has 168 valence electrons. The van der Waals surface area contributed by atoms with Gasteiger partial charge in [-0.1, -0.05) is 22.9 Å². The molecule has 0 aliphatic heterocycles. The quantitative estimate of drug-likeness (QED) is 0.534. The Bertz CT molecular complexity index is 752. The topological polar surface area (TPSA) is 67.9 Å². The van der Waals surface area contributed by atoms with Gasteiger partial charge in [0, 0.05) is 28.8 Å². The molecular formula is C23H35BrN2O4. The molecule has 0 unspecified atom stereocenters. The van der Waals surface area contributed by atoms with Gasteiger partial charge in [-0.05, 0) is 77.5 Å². The van der Waals surface area contributed by atoms with E-state index in [9.17, 15) is 9.59 Å². The molecule has 0 aromatic heterocycles. The number of esters is 1. The molecule has 1 amide bonds. The van der Waals surface area contributed by atoms with Gasteiger partial charge in [0.25, 0.3) is 0 Å². The summed E-state index contributed by atoms with van der Waals surface area (Å²) >= 11 is 3.55. The highest BCUT2D eigenvalue weighted by atomic mass is 79.9. The lowest BCUT2D eigenvalue weighted by Gasteiger charge is -2.39. The van der Waals surface area contributed by atoms with E-state index in [0.29, 0.717) is 11.6 Å². The van der Waals surface area contributed by atoms with Crippen LogP contribution in [-0.4, -0.2) is 43.4 Å². The minimum absolute atomic E-state index is 0.133. The van der Waals surface area contributed by atoms with Gasteiger partial charge >= 0.3 is 12.1 Å². The van der Waals surface area contributed by atoms with Crippen molar-refractivity contribution in [2.24, 2.45) is 0 Å². The normalized spacial score (nSPS) is 19.2. The lowest BCUT2D eigenvalue weighted by atomic mass is 9.89. The van der Waals surface area contributed by atoms with Crippen molar-refractivity contribution < 1.29 is 19.1 Å². The number of carbonyl (C=O) groups is 2. The summed E-state index contributed by atoms with van der Waals surface area (Å²) in [6.45, 7) is 10.7. The summed E-state index contributed by atoms with van der Waals surface area (Å²) in [5.41, 5.74) is 2.10. The molecule has 1 aliphatic rings. The maximum Gasteiger partial charge on any atom is 0.407 e. The summed E-state index contributed by atoms with van der Waals surface area (Å²) in [7, 11) is 1.41. The van der Waals surface area contributed by atoms with Crippen molar-refractivity contribution >= 4 is 33.7 Å². The average molecular weight is 483 g/mol. The van der Waals surface area contributed by atoms with Gasteiger partial charge in [0.15, 0.2) is 0 Å². The number of rotatable bonds is 6. The number of hydrogen-bond acceptors (Lipinski definition) is 5. The first-order valence-electron chi connectivity index (χ1n) is 10.7. The van der Waals surface area contributed by atoms with Gasteiger partial charge in [0.2, 0.25) is 0 Å². The second-order valence-electron chi connectivity index (χ2n) is 8.93. The predicted octanol–water partition coefficient (Wildman–Crippen LogP) is 5.60. The molecule has 0 radical (unpaired) electrons. The zero-order valence-electron chi connectivity index (χ0n) is 19.0. The largest absolute Gasteiger partial charge is 0.465 e. The molecule has 1 N–H and O–H groups in total. The van der Waals surface area contributed by atoms with E-state index in [-0.39, 0.29) is 18.1 Å². The van der Waals surface area contributed by atoms with Gasteiger partial charge in [-0.15, -0.1) is 0 Å². The fraction of sp³-hybridized carbons (Fsp3) is 0.652. The number of ether oxygens (including phenoxy) is 2. The molecule has 0 heterocycles. The van der Waals surface area contributed by atoms with E-state index >= 15 is 0 Å². The van der Waals surface area contributed by atoms with Crippen LogP contribution in [0, 0.1) is 6.92 Å². The molecule has 30 heavy (non-hydrogen) atoms. The highest BCUT2D eigenvalue weighted by Gasteiger charge is 2.29. The van der Waals surface area contributed by atoms with Crippen molar-refractivity contribution in [1.82, 2.24) is 5.32 Å². The van der Waals surface area contributed by atoms with Crippen LogP contribution in [0.1, 0.15) is 75.7 Å². The molecule has 0 saturated heterocycles. The lowest BCUT2D eigenvalue weighted by molar-refractivity contribution is 0.0490. The zero-order chi connectivity index (χ0) is 22.5. The summed E-state index contributed by atoms with van der Waals surface area (Å²) in [5, 5.41) is 3.01. The molecule has 2 rings (SSSR count). The average Bonchev–Trinajstić information content (AvgIpc) is 2.66. The highest BCUT2D eigenvalue weighted by molar-refractivity contribution is 9.10. The second-order valence-corrected chi connectivity index (χ2v) is 9.85. The molecule has 1 fully saturated rings. The van der Waals surface area contributed by atoms with Crippen molar-refractivity contribution in [2.45, 2.75) is 84.4 Å². The Morgan fingerprint density at radius 2 is 1.83 bits per heavy atom. The molecule has 1 aromatic carbocycles. The zero-order valence-corrected chi connectivity index (χ0v) is 20.6. The molecule has 0 bridgehead atoms. The van der Waals surface area contributed by atoms with Crippen LogP contribution in [0.5, 0.6) is 0 Å². The molecule has 6 nitrogen and oxygen atoms in total. The van der Waals surface area contributed by atoms with Crippen LogP contribution in [0.4, 0.5) is 10.5 Å². The number of hydrogen-bond donors (Lipinski definition) is 1. The Hall–Kier alpha value is -1.76. The fourth-order valence-corrected chi connectivity index (χ4v) is 4.48. The molecule has 1 aromatic rings. The maximum atomic E-state index is 12.2. The number of carbonyl (C=O) groups excluding carboxylic acids is 2. The van der Waals surface area contributed by atoms with Gasteiger partial charge in [-0.3, -0.25) is 0 Å². The van der Waals surface area contributed by atoms with Crippen LogP contribution in [0.25, 0.3) is 0 Å². The van der Waals surface area contributed by atoms with E-state index in [1.165, 1.54) is 7.11 Å². The minimum Gasteiger partial charge on any atom is -0.465 e. The van der Waals surface area contributed by atoms with Crippen molar-refractivity contribution in [3.8, 4) is 0 Å². The Labute approximate surface area is 188 Å². The van der Waals surface area contributed by atoms with Crippen molar-refractivity contribution in [2.75, 3.05) is 18.6 Å². The number of anilines is 1. The van der Waals surface area contributed by atoms with Crippen LogP contribution in [0.3, 0.4) is 0 Å². The van der Waals surface area contributed by atoms with Crippen LogP contribution in [0.15, 0.2) is 16.6 Å². The van der Waals surface area contributed by atoms with Crippen LogP contribution in [-0.2, 0) is 9.47 Å². The number of amides is 1. The molecule has 0 atom stereocenters. The second kappa shape index (κ2) is 10.5. The number of nitrogens with zero attached hydrogens (tertiary/aromatic N) is 1. The fourth-order valence-electron chi connectivity index (χ4n) is 4.03. The molecule has 1 aliphatic carbocycles. The monoisotopic (exact) mass is 482 g/mol. The van der Waals surface area contributed by atoms with Gasteiger partial charge in [0.1, 0.15) is 5.60 Å². The minimum atomic E-state index is -0.491. The van der Waals surface area contributed by atoms with Crippen molar-refractivity contribution in [3.05, 3.63) is 27.7 Å². The molecule has 7 heteroatoms. The molecule has 1 saturated carbocycles. The Morgan fingerprint density at radius 1 is 1.20 bits per heavy atom. The summed E-state index contributed by atoms with van der Waals surface area (Å²) in [6.07, 6.45) is 4.42. The Balaban J connectivity index is 2.13. The Morgan fingerprint density at radius 3 is 2.37 bits per heavy atom. The van der Waals surface area contributed by atoms with Crippen molar-refractivity contribution in [1.29, 1.82) is 0 Å². The van der Waals surface area contributed by atoms with Gasteiger partial charge in [0.05, 0.1) is 12.7 Å². The first kappa shape index (κ1) is 24.5.